The van der Waals surface area contributed by atoms with Crippen LogP contribution < -0.4 is 0 Å². The SMILES string of the molecule is C=C(C)[C@@](C)(CC)CC(C)=O. The Morgan fingerprint density at radius 2 is 1.91 bits per heavy atom. The summed E-state index contributed by atoms with van der Waals surface area (Å²) in [5.41, 5.74) is 1.13. The maximum Gasteiger partial charge on any atom is 0.130 e. The van der Waals surface area contributed by atoms with E-state index in [4.69, 9.17) is 0 Å². The van der Waals surface area contributed by atoms with Gasteiger partial charge in [0.15, 0.2) is 0 Å². The minimum Gasteiger partial charge on any atom is -0.300 e. The topological polar surface area (TPSA) is 17.1 Å². The van der Waals surface area contributed by atoms with Crippen LogP contribution >= 0.6 is 0 Å². The molecule has 0 saturated carbocycles. The molecule has 0 rings (SSSR count). The van der Waals surface area contributed by atoms with Crippen LogP contribution in [0.4, 0.5) is 0 Å². The second-order valence-electron chi connectivity index (χ2n) is 3.57. The molecule has 0 aliphatic heterocycles. The number of carbonyl (C=O) groups excluding carboxylic acids is 1. The molecule has 0 spiro atoms. The average Bonchev–Trinajstić information content (AvgIpc) is 1.86. The summed E-state index contributed by atoms with van der Waals surface area (Å²) in [6.07, 6.45) is 1.61. The summed E-state index contributed by atoms with van der Waals surface area (Å²) in [7, 11) is 0. The summed E-state index contributed by atoms with van der Waals surface area (Å²) in [4.78, 5) is 10.9. The van der Waals surface area contributed by atoms with Gasteiger partial charge in [0.1, 0.15) is 5.78 Å². The van der Waals surface area contributed by atoms with E-state index in [1.807, 2.05) is 6.92 Å². The van der Waals surface area contributed by atoms with Gasteiger partial charge in [-0.2, -0.15) is 0 Å². The Hall–Kier alpha value is -0.590. The molecule has 1 nitrogen and oxygen atoms in total. The Labute approximate surface area is 69.5 Å². The number of Topliss-reactive ketones (excluding diaryl/α,β-unsaturated/α-hetero) is 1. The normalized spacial score (nSPS) is 15.6. The van der Waals surface area contributed by atoms with Gasteiger partial charge in [0.25, 0.3) is 0 Å². The summed E-state index contributed by atoms with van der Waals surface area (Å²) in [6, 6.07) is 0. The molecule has 0 saturated heterocycles. The zero-order valence-electron chi connectivity index (χ0n) is 8.03. The van der Waals surface area contributed by atoms with Crippen molar-refractivity contribution in [2.75, 3.05) is 0 Å². The second-order valence-corrected chi connectivity index (χ2v) is 3.57. The van der Waals surface area contributed by atoms with Crippen LogP contribution in [0.1, 0.15) is 40.5 Å². The first-order chi connectivity index (χ1) is 4.92. The molecule has 0 amide bonds. The van der Waals surface area contributed by atoms with Crippen molar-refractivity contribution >= 4 is 5.78 Å². The Morgan fingerprint density at radius 1 is 1.45 bits per heavy atom. The van der Waals surface area contributed by atoms with Gasteiger partial charge in [-0.25, -0.2) is 0 Å². The molecular weight excluding hydrogens is 136 g/mol. The van der Waals surface area contributed by atoms with Crippen molar-refractivity contribution in [3.63, 3.8) is 0 Å². The van der Waals surface area contributed by atoms with Gasteiger partial charge in [-0.3, -0.25) is 4.79 Å². The van der Waals surface area contributed by atoms with E-state index in [1.54, 1.807) is 6.92 Å². The Balaban J connectivity index is 4.34. The van der Waals surface area contributed by atoms with Crippen LogP contribution in [0.2, 0.25) is 0 Å². The summed E-state index contributed by atoms with van der Waals surface area (Å²) >= 11 is 0. The van der Waals surface area contributed by atoms with Gasteiger partial charge in [0.05, 0.1) is 0 Å². The summed E-state index contributed by atoms with van der Waals surface area (Å²) in [5, 5.41) is 0. The van der Waals surface area contributed by atoms with Crippen molar-refractivity contribution < 1.29 is 4.79 Å². The van der Waals surface area contributed by atoms with Crippen molar-refractivity contribution in [2.45, 2.75) is 40.5 Å². The number of allylic oxidation sites excluding steroid dienone is 1. The van der Waals surface area contributed by atoms with Crippen molar-refractivity contribution in [2.24, 2.45) is 5.41 Å². The van der Waals surface area contributed by atoms with Crippen LogP contribution in [0.25, 0.3) is 0 Å². The number of carbonyl (C=O) groups is 1. The van der Waals surface area contributed by atoms with Gasteiger partial charge < -0.3 is 0 Å². The molecule has 64 valence electrons. The van der Waals surface area contributed by atoms with Gasteiger partial charge in [0.2, 0.25) is 0 Å². The lowest BCUT2D eigenvalue weighted by Crippen LogP contribution is -2.19. The molecule has 0 aromatic carbocycles. The molecule has 1 heteroatoms. The van der Waals surface area contributed by atoms with E-state index in [0.29, 0.717) is 6.42 Å². The smallest absolute Gasteiger partial charge is 0.130 e. The summed E-state index contributed by atoms with van der Waals surface area (Å²) in [5.74, 6) is 0.248. The molecule has 0 aromatic heterocycles. The number of ketones is 1. The predicted molar refractivity (Wildman–Crippen MR) is 48.5 cm³/mol. The molecule has 0 aromatic rings. The highest BCUT2D eigenvalue weighted by Gasteiger charge is 2.24. The lowest BCUT2D eigenvalue weighted by atomic mass is 9.77. The highest BCUT2D eigenvalue weighted by atomic mass is 16.1. The molecule has 0 fully saturated rings. The van der Waals surface area contributed by atoms with Gasteiger partial charge in [0, 0.05) is 6.42 Å². The van der Waals surface area contributed by atoms with Crippen LogP contribution in [0.15, 0.2) is 12.2 Å². The molecule has 0 N–H and O–H groups in total. The first-order valence-corrected chi connectivity index (χ1v) is 4.08. The van der Waals surface area contributed by atoms with E-state index in [-0.39, 0.29) is 11.2 Å². The highest BCUT2D eigenvalue weighted by Crippen LogP contribution is 2.33. The third-order valence-electron chi connectivity index (χ3n) is 2.45. The molecule has 0 aliphatic carbocycles. The van der Waals surface area contributed by atoms with Crippen LogP contribution in [0.5, 0.6) is 0 Å². The summed E-state index contributed by atoms with van der Waals surface area (Å²) in [6.45, 7) is 11.7. The van der Waals surface area contributed by atoms with Crippen molar-refractivity contribution in [1.82, 2.24) is 0 Å². The first kappa shape index (κ1) is 10.4. The van der Waals surface area contributed by atoms with Crippen molar-refractivity contribution in [3.05, 3.63) is 12.2 Å². The first-order valence-electron chi connectivity index (χ1n) is 4.08. The molecule has 1 atom stereocenters. The number of rotatable bonds is 4. The molecule has 0 radical (unpaired) electrons. The van der Waals surface area contributed by atoms with Crippen LogP contribution in [-0.4, -0.2) is 5.78 Å². The monoisotopic (exact) mass is 154 g/mol. The number of hydrogen-bond donors (Lipinski definition) is 0. The second kappa shape index (κ2) is 3.70. The highest BCUT2D eigenvalue weighted by molar-refractivity contribution is 5.76. The fourth-order valence-electron chi connectivity index (χ4n) is 1.13. The molecule has 0 heterocycles. The number of hydrogen-bond acceptors (Lipinski definition) is 1. The Morgan fingerprint density at radius 3 is 2.00 bits per heavy atom. The van der Waals surface area contributed by atoms with E-state index in [1.165, 1.54) is 0 Å². The van der Waals surface area contributed by atoms with Gasteiger partial charge >= 0.3 is 0 Å². The zero-order chi connectivity index (χ0) is 9.07. The van der Waals surface area contributed by atoms with E-state index < -0.39 is 0 Å². The lowest BCUT2D eigenvalue weighted by molar-refractivity contribution is -0.118. The van der Waals surface area contributed by atoms with Crippen LogP contribution in [0.3, 0.4) is 0 Å². The van der Waals surface area contributed by atoms with Gasteiger partial charge in [-0.15, -0.1) is 0 Å². The predicted octanol–water partition coefficient (Wildman–Crippen LogP) is 2.96. The summed E-state index contributed by atoms with van der Waals surface area (Å²) < 4.78 is 0. The van der Waals surface area contributed by atoms with Crippen LogP contribution in [0, 0.1) is 5.41 Å². The average molecular weight is 154 g/mol. The Bertz CT molecular complexity index is 170. The maximum absolute atomic E-state index is 10.9. The Kier molecular flexibility index (Phi) is 3.50. The largest absolute Gasteiger partial charge is 0.300 e. The van der Waals surface area contributed by atoms with Crippen molar-refractivity contribution in [3.8, 4) is 0 Å². The molecule has 11 heavy (non-hydrogen) atoms. The maximum atomic E-state index is 10.9. The molecule has 0 aliphatic rings. The minimum absolute atomic E-state index is 0.0197. The fourth-order valence-corrected chi connectivity index (χ4v) is 1.13. The third-order valence-corrected chi connectivity index (χ3v) is 2.45. The molecular formula is C10H18O. The molecule has 0 bridgehead atoms. The zero-order valence-corrected chi connectivity index (χ0v) is 8.03. The van der Waals surface area contributed by atoms with E-state index in [2.05, 4.69) is 20.4 Å². The van der Waals surface area contributed by atoms with E-state index >= 15 is 0 Å². The van der Waals surface area contributed by atoms with E-state index in [9.17, 15) is 4.79 Å². The van der Waals surface area contributed by atoms with Crippen molar-refractivity contribution in [1.29, 1.82) is 0 Å². The van der Waals surface area contributed by atoms with Gasteiger partial charge in [-0.05, 0) is 25.7 Å². The minimum atomic E-state index is 0.0197. The van der Waals surface area contributed by atoms with Gasteiger partial charge in [-0.1, -0.05) is 26.0 Å². The fraction of sp³-hybridized carbons (Fsp3) is 0.700. The molecule has 0 unspecified atom stereocenters. The quantitative estimate of drug-likeness (QED) is 0.569. The van der Waals surface area contributed by atoms with E-state index in [0.717, 1.165) is 12.0 Å². The van der Waals surface area contributed by atoms with Crippen LogP contribution in [-0.2, 0) is 4.79 Å². The lowest BCUT2D eigenvalue weighted by Gasteiger charge is -2.27. The third kappa shape index (κ3) is 2.87. The standard InChI is InChI=1S/C10H18O/c1-6-10(5,8(2)3)7-9(4)11/h2,6-7H2,1,3-5H3/t10-/m0/s1.